The summed E-state index contributed by atoms with van der Waals surface area (Å²) in [4.78, 5) is 13.0. The standard InChI is InChI=1S/C9H12N4S.C9H11N/c1-10-5-7-6-13-8(12-7)3-4-11-9(13)14-2;1-2-6-9-8(4-1)5-3-7-10-9/h3-4,6,10H,5H2,1-2H3;3,5,7H,1-2,4,6H2. The number of hydrogen-bond donors (Lipinski definition) is 1. The molecule has 0 unspecified atom stereocenters. The van der Waals surface area contributed by atoms with E-state index < -0.39 is 0 Å². The van der Waals surface area contributed by atoms with Crippen molar-refractivity contribution in [2.75, 3.05) is 13.3 Å². The first-order valence-electron chi connectivity index (χ1n) is 8.26. The van der Waals surface area contributed by atoms with Gasteiger partial charge in [0.05, 0.1) is 5.69 Å². The van der Waals surface area contributed by atoms with Crippen LogP contribution in [0.2, 0.25) is 0 Å². The summed E-state index contributed by atoms with van der Waals surface area (Å²) in [6.07, 6.45) is 12.8. The van der Waals surface area contributed by atoms with Gasteiger partial charge >= 0.3 is 0 Å². The lowest BCUT2D eigenvalue weighted by Crippen LogP contribution is -2.04. The van der Waals surface area contributed by atoms with E-state index in [0.29, 0.717) is 0 Å². The van der Waals surface area contributed by atoms with E-state index in [4.69, 9.17) is 0 Å². The minimum atomic E-state index is 0.787. The van der Waals surface area contributed by atoms with Crippen molar-refractivity contribution in [3.8, 4) is 0 Å². The maximum atomic E-state index is 4.46. The zero-order chi connectivity index (χ0) is 16.8. The van der Waals surface area contributed by atoms with Crippen molar-refractivity contribution < 1.29 is 0 Å². The van der Waals surface area contributed by atoms with Crippen LogP contribution in [0.1, 0.15) is 29.8 Å². The molecule has 0 amide bonds. The monoisotopic (exact) mass is 341 g/mol. The van der Waals surface area contributed by atoms with Gasteiger partial charge in [0.1, 0.15) is 5.65 Å². The Hall–Kier alpha value is -1.92. The molecule has 3 aromatic heterocycles. The van der Waals surface area contributed by atoms with Gasteiger partial charge in [-0.3, -0.25) is 9.38 Å². The molecule has 0 saturated heterocycles. The van der Waals surface area contributed by atoms with Crippen LogP contribution < -0.4 is 5.32 Å². The highest BCUT2D eigenvalue weighted by Crippen LogP contribution is 2.17. The number of imidazole rings is 1. The van der Waals surface area contributed by atoms with Crippen molar-refractivity contribution in [2.24, 2.45) is 0 Å². The summed E-state index contributed by atoms with van der Waals surface area (Å²) in [7, 11) is 1.91. The summed E-state index contributed by atoms with van der Waals surface area (Å²) in [5, 5.41) is 4.05. The number of nitrogens with zero attached hydrogens (tertiary/aromatic N) is 4. The van der Waals surface area contributed by atoms with Gasteiger partial charge in [-0.1, -0.05) is 17.8 Å². The van der Waals surface area contributed by atoms with E-state index in [-0.39, 0.29) is 0 Å². The first-order chi connectivity index (χ1) is 11.8. The summed E-state index contributed by atoms with van der Waals surface area (Å²) in [6, 6.07) is 6.14. The predicted molar refractivity (Wildman–Crippen MR) is 98.4 cm³/mol. The molecular formula is C18H23N5S. The average Bonchev–Trinajstić information content (AvgIpc) is 3.05. The van der Waals surface area contributed by atoms with Gasteiger partial charge in [-0.15, -0.1) is 0 Å². The van der Waals surface area contributed by atoms with E-state index in [1.54, 1.807) is 18.0 Å². The first kappa shape index (κ1) is 16.9. The Balaban J connectivity index is 0.000000149. The van der Waals surface area contributed by atoms with E-state index in [2.05, 4.69) is 26.3 Å². The normalized spacial score (nSPS) is 13.2. The summed E-state index contributed by atoms with van der Waals surface area (Å²) in [5.74, 6) is 0. The molecule has 4 rings (SSSR count). The van der Waals surface area contributed by atoms with Crippen LogP contribution in [0.15, 0.2) is 41.9 Å². The molecular weight excluding hydrogens is 318 g/mol. The molecule has 0 fully saturated rings. The van der Waals surface area contributed by atoms with Gasteiger partial charge in [-0.05, 0) is 56.7 Å². The van der Waals surface area contributed by atoms with Gasteiger partial charge in [0.15, 0.2) is 5.16 Å². The Kier molecular flexibility index (Phi) is 5.82. The Bertz CT molecular complexity index is 774. The van der Waals surface area contributed by atoms with E-state index in [1.807, 2.05) is 42.2 Å². The third kappa shape index (κ3) is 3.94. The topological polar surface area (TPSA) is 55.1 Å². The molecule has 0 aromatic carbocycles. The van der Waals surface area contributed by atoms with Crippen LogP contribution in [0, 0.1) is 0 Å². The van der Waals surface area contributed by atoms with E-state index in [0.717, 1.165) is 23.0 Å². The summed E-state index contributed by atoms with van der Waals surface area (Å²) >= 11 is 1.62. The molecule has 126 valence electrons. The predicted octanol–water partition coefficient (Wildman–Crippen LogP) is 3.13. The van der Waals surface area contributed by atoms with Gasteiger partial charge in [-0.2, -0.15) is 0 Å². The Morgan fingerprint density at radius 1 is 1.17 bits per heavy atom. The van der Waals surface area contributed by atoms with Crippen molar-refractivity contribution in [3.05, 3.63) is 53.7 Å². The van der Waals surface area contributed by atoms with Gasteiger partial charge in [-0.25, -0.2) is 9.97 Å². The highest BCUT2D eigenvalue weighted by atomic mass is 32.2. The Morgan fingerprint density at radius 2 is 2.04 bits per heavy atom. The fourth-order valence-corrected chi connectivity index (χ4v) is 3.40. The number of thioether (sulfide) groups is 1. The van der Waals surface area contributed by atoms with E-state index in [9.17, 15) is 0 Å². The molecule has 0 aliphatic heterocycles. The SMILES string of the molecule is CNCc1cn2c(SC)nccc2n1.c1cnc2c(c1)CCCC2. The van der Waals surface area contributed by atoms with Crippen molar-refractivity contribution in [1.29, 1.82) is 0 Å². The van der Waals surface area contributed by atoms with Crippen LogP contribution in [-0.2, 0) is 19.4 Å². The molecule has 0 spiro atoms. The smallest absolute Gasteiger partial charge is 0.173 e. The number of aromatic nitrogens is 4. The zero-order valence-electron chi connectivity index (χ0n) is 14.2. The van der Waals surface area contributed by atoms with Crippen LogP contribution >= 0.6 is 11.8 Å². The third-order valence-electron chi connectivity index (χ3n) is 4.03. The molecule has 1 aliphatic carbocycles. The van der Waals surface area contributed by atoms with Crippen molar-refractivity contribution >= 4 is 17.4 Å². The molecule has 0 radical (unpaired) electrons. The maximum Gasteiger partial charge on any atom is 0.173 e. The number of fused-ring (bicyclic) bond motifs is 2. The fourth-order valence-electron chi connectivity index (χ4n) is 2.89. The van der Waals surface area contributed by atoms with Crippen LogP contribution in [0.4, 0.5) is 0 Å². The van der Waals surface area contributed by atoms with Crippen LogP contribution in [0.3, 0.4) is 0 Å². The van der Waals surface area contributed by atoms with Gasteiger partial charge in [0, 0.05) is 30.8 Å². The first-order valence-corrected chi connectivity index (χ1v) is 9.48. The molecule has 3 heterocycles. The number of hydrogen-bond acceptors (Lipinski definition) is 5. The lowest BCUT2D eigenvalue weighted by molar-refractivity contribution is 0.668. The van der Waals surface area contributed by atoms with Crippen molar-refractivity contribution in [2.45, 2.75) is 37.4 Å². The molecule has 3 aromatic rings. The van der Waals surface area contributed by atoms with Crippen molar-refractivity contribution in [3.63, 3.8) is 0 Å². The molecule has 5 nitrogen and oxygen atoms in total. The Morgan fingerprint density at radius 3 is 2.83 bits per heavy atom. The van der Waals surface area contributed by atoms with E-state index >= 15 is 0 Å². The quantitative estimate of drug-likeness (QED) is 0.586. The average molecular weight is 341 g/mol. The zero-order valence-corrected chi connectivity index (χ0v) is 15.0. The lowest BCUT2D eigenvalue weighted by atomic mass is 9.96. The molecule has 1 aliphatic rings. The third-order valence-corrected chi connectivity index (χ3v) is 4.70. The number of nitrogens with one attached hydrogen (secondary N) is 1. The Labute approximate surface area is 146 Å². The molecule has 24 heavy (non-hydrogen) atoms. The molecule has 1 N–H and O–H groups in total. The highest BCUT2D eigenvalue weighted by molar-refractivity contribution is 7.98. The molecule has 0 saturated carbocycles. The van der Waals surface area contributed by atoms with Gasteiger partial charge in [0.2, 0.25) is 0 Å². The summed E-state index contributed by atoms with van der Waals surface area (Å²) in [6.45, 7) is 0.787. The number of rotatable bonds is 3. The van der Waals surface area contributed by atoms with Crippen LogP contribution in [-0.4, -0.2) is 32.7 Å². The molecule has 0 bridgehead atoms. The summed E-state index contributed by atoms with van der Waals surface area (Å²) in [5.41, 5.74) is 4.79. The minimum Gasteiger partial charge on any atom is -0.314 e. The number of pyridine rings is 1. The van der Waals surface area contributed by atoms with Gasteiger partial charge in [0.25, 0.3) is 0 Å². The highest BCUT2D eigenvalue weighted by Gasteiger charge is 2.07. The fraction of sp³-hybridized carbons (Fsp3) is 0.389. The van der Waals surface area contributed by atoms with E-state index in [1.165, 1.54) is 36.9 Å². The maximum absolute atomic E-state index is 4.46. The second-order valence-electron chi connectivity index (χ2n) is 5.74. The second kappa shape index (κ2) is 8.26. The van der Waals surface area contributed by atoms with Crippen LogP contribution in [0.5, 0.6) is 0 Å². The second-order valence-corrected chi connectivity index (χ2v) is 6.51. The molecule has 6 heteroatoms. The number of aryl methyl sites for hydroxylation is 2. The largest absolute Gasteiger partial charge is 0.314 e. The minimum absolute atomic E-state index is 0.787. The van der Waals surface area contributed by atoms with Gasteiger partial charge < -0.3 is 5.32 Å². The lowest BCUT2D eigenvalue weighted by Gasteiger charge is -2.12. The van der Waals surface area contributed by atoms with Crippen LogP contribution in [0.25, 0.3) is 5.65 Å². The van der Waals surface area contributed by atoms with Crippen molar-refractivity contribution in [1.82, 2.24) is 24.7 Å². The molecule has 0 atom stereocenters. The summed E-state index contributed by atoms with van der Waals surface area (Å²) < 4.78 is 2.01.